The Kier molecular flexibility index (Phi) is 4.06. The van der Waals surface area contributed by atoms with Gasteiger partial charge in [-0.15, -0.1) is 0 Å². The molecule has 0 atom stereocenters. The van der Waals surface area contributed by atoms with Gasteiger partial charge >= 0.3 is 5.97 Å². The fraction of sp³-hybridized carbons (Fsp3) is 0.235. The summed E-state index contributed by atoms with van der Waals surface area (Å²) in [6.45, 7) is 0. The minimum absolute atomic E-state index is 0.0135. The van der Waals surface area contributed by atoms with Crippen LogP contribution in [0.2, 0.25) is 0 Å². The molecule has 0 bridgehead atoms. The minimum Gasteiger partial charge on any atom is -0.481 e. The number of hydrogen-bond acceptors (Lipinski definition) is 4. The van der Waals surface area contributed by atoms with Gasteiger partial charge in [-0.05, 0) is 36.6 Å². The maximum atomic E-state index is 13.6. The zero-order valence-electron chi connectivity index (χ0n) is 12.1. The first-order chi connectivity index (χ1) is 11.1. The molecule has 1 fully saturated rings. The van der Waals surface area contributed by atoms with E-state index in [0.29, 0.717) is 36.1 Å². The summed E-state index contributed by atoms with van der Waals surface area (Å²) in [5, 5.41) is 8.82. The number of benzene rings is 1. The van der Waals surface area contributed by atoms with Crippen LogP contribution in [0.15, 0.2) is 36.5 Å². The molecule has 5 nitrogen and oxygen atoms in total. The Balaban J connectivity index is 1.67. The molecule has 3 rings (SSSR count). The van der Waals surface area contributed by atoms with E-state index >= 15 is 0 Å². The van der Waals surface area contributed by atoms with Crippen molar-refractivity contribution in [3.05, 3.63) is 47.9 Å². The maximum absolute atomic E-state index is 13.6. The fourth-order valence-corrected chi connectivity index (χ4v) is 2.46. The van der Waals surface area contributed by atoms with Gasteiger partial charge in [-0.2, -0.15) is 0 Å². The maximum Gasteiger partial charge on any atom is 0.306 e. The van der Waals surface area contributed by atoms with Crippen LogP contribution in [0.1, 0.15) is 23.2 Å². The van der Waals surface area contributed by atoms with Crippen LogP contribution in [0.25, 0.3) is 11.1 Å². The van der Waals surface area contributed by atoms with Crippen LogP contribution in [0, 0.1) is 11.7 Å². The average molecular weight is 315 g/mol. The third-order valence-electron chi connectivity index (χ3n) is 3.93. The number of halogens is 1. The Morgan fingerprint density at radius 2 is 2.00 bits per heavy atom. The highest BCUT2D eigenvalue weighted by Crippen LogP contribution is 2.31. The molecule has 0 unspecified atom stereocenters. The Hall–Kier alpha value is -2.76. The van der Waals surface area contributed by atoms with Crippen LogP contribution >= 0.6 is 0 Å². The van der Waals surface area contributed by atoms with Crippen LogP contribution in [-0.4, -0.2) is 28.4 Å². The van der Waals surface area contributed by atoms with Gasteiger partial charge < -0.3 is 9.84 Å². The van der Waals surface area contributed by atoms with Crippen molar-refractivity contribution in [2.24, 2.45) is 5.92 Å². The van der Waals surface area contributed by atoms with E-state index < -0.39 is 11.8 Å². The molecule has 1 N–H and O–H groups in total. The molecular weight excluding hydrogens is 301 g/mol. The summed E-state index contributed by atoms with van der Waals surface area (Å²) in [5.41, 5.74) is 1.33. The largest absolute Gasteiger partial charge is 0.481 e. The summed E-state index contributed by atoms with van der Waals surface area (Å²) in [5.74, 6) is -1.30. The Bertz CT molecular complexity index is 739. The number of aldehydes is 1. The van der Waals surface area contributed by atoms with E-state index in [9.17, 15) is 14.0 Å². The van der Waals surface area contributed by atoms with Crippen LogP contribution in [0.4, 0.5) is 4.39 Å². The summed E-state index contributed by atoms with van der Waals surface area (Å²) < 4.78 is 19.2. The molecular formula is C17H14FNO4. The second-order valence-electron chi connectivity index (χ2n) is 5.49. The number of pyridine rings is 1. The van der Waals surface area contributed by atoms with Gasteiger partial charge in [0.05, 0.1) is 11.5 Å². The summed E-state index contributed by atoms with van der Waals surface area (Å²) in [6, 6.07) is 7.75. The quantitative estimate of drug-likeness (QED) is 0.858. The molecule has 0 aliphatic heterocycles. The molecule has 1 aromatic carbocycles. The molecule has 0 radical (unpaired) electrons. The number of aliphatic carboxylic acids is 1. The molecule has 118 valence electrons. The van der Waals surface area contributed by atoms with Crippen molar-refractivity contribution in [2.75, 3.05) is 0 Å². The summed E-state index contributed by atoms with van der Waals surface area (Å²) >= 11 is 0. The van der Waals surface area contributed by atoms with Crippen LogP contribution in [0.3, 0.4) is 0 Å². The zero-order chi connectivity index (χ0) is 16.4. The molecule has 0 amide bonds. The SMILES string of the molecule is O=Cc1ccc(-c2ccc(OC3CC(C(=O)O)C3)nc2)cc1F. The number of hydrogen-bond donors (Lipinski definition) is 1. The van der Waals surface area contributed by atoms with Crippen LogP contribution < -0.4 is 4.74 Å². The van der Waals surface area contributed by atoms with Gasteiger partial charge in [-0.1, -0.05) is 6.07 Å². The summed E-state index contributed by atoms with van der Waals surface area (Å²) in [4.78, 5) is 25.5. The van der Waals surface area contributed by atoms with Gasteiger partial charge in [-0.25, -0.2) is 9.37 Å². The van der Waals surface area contributed by atoms with E-state index in [1.165, 1.54) is 12.1 Å². The first-order valence-electron chi connectivity index (χ1n) is 7.17. The van der Waals surface area contributed by atoms with Crippen molar-refractivity contribution in [1.82, 2.24) is 4.98 Å². The lowest BCUT2D eigenvalue weighted by atomic mass is 9.82. The minimum atomic E-state index is -0.797. The summed E-state index contributed by atoms with van der Waals surface area (Å²) in [7, 11) is 0. The highest BCUT2D eigenvalue weighted by atomic mass is 19.1. The normalized spacial score (nSPS) is 19.7. The van der Waals surface area contributed by atoms with Crippen molar-refractivity contribution in [2.45, 2.75) is 18.9 Å². The van der Waals surface area contributed by atoms with Crippen molar-refractivity contribution in [3.63, 3.8) is 0 Å². The first kappa shape index (κ1) is 15.1. The molecule has 6 heteroatoms. The number of nitrogens with zero attached hydrogens (tertiary/aromatic N) is 1. The lowest BCUT2D eigenvalue weighted by Gasteiger charge is -2.31. The smallest absolute Gasteiger partial charge is 0.306 e. The van der Waals surface area contributed by atoms with Crippen LogP contribution in [0.5, 0.6) is 5.88 Å². The third kappa shape index (κ3) is 3.21. The number of carbonyl (C=O) groups is 2. The molecule has 2 aromatic rings. The van der Waals surface area contributed by atoms with Crippen molar-refractivity contribution >= 4 is 12.3 Å². The number of aromatic nitrogens is 1. The van der Waals surface area contributed by atoms with Gasteiger partial charge in [0.2, 0.25) is 5.88 Å². The number of carbonyl (C=O) groups excluding carboxylic acids is 1. The number of rotatable bonds is 5. The highest BCUT2D eigenvalue weighted by Gasteiger charge is 2.36. The number of carboxylic acid groups (broad SMARTS) is 1. The molecule has 1 aliphatic rings. The van der Waals surface area contributed by atoms with Crippen molar-refractivity contribution in [1.29, 1.82) is 0 Å². The second-order valence-corrected chi connectivity index (χ2v) is 5.49. The Labute approximate surface area is 131 Å². The van der Waals surface area contributed by atoms with E-state index in [2.05, 4.69) is 4.98 Å². The Morgan fingerprint density at radius 3 is 2.57 bits per heavy atom. The van der Waals surface area contributed by atoms with Gasteiger partial charge in [0, 0.05) is 17.8 Å². The predicted molar refractivity (Wildman–Crippen MR) is 79.8 cm³/mol. The van der Waals surface area contributed by atoms with E-state index in [1.807, 2.05) is 0 Å². The summed E-state index contributed by atoms with van der Waals surface area (Å²) in [6.07, 6.45) is 2.86. The van der Waals surface area contributed by atoms with Gasteiger partial charge in [0.25, 0.3) is 0 Å². The second kappa shape index (κ2) is 6.16. The van der Waals surface area contributed by atoms with E-state index in [-0.39, 0.29) is 17.6 Å². The van der Waals surface area contributed by atoms with Crippen LogP contribution in [-0.2, 0) is 4.79 Å². The van der Waals surface area contributed by atoms with E-state index in [0.717, 1.165) is 0 Å². The predicted octanol–water partition coefficient (Wildman–Crippen LogP) is 2.94. The van der Waals surface area contributed by atoms with Gasteiger partial charge in [0.1, 0.15) is 11.9 Å². The van der Waals surface area contributed by atoms with Gasteiger partial charge in [0.15, 0.2) is 6.29 Å². The van der Waals surface area contributed by atoms with Crippen molar-refractivity contribution < 1.29 is 23.8 Å². The third-order valence-corrected chi connectivity index (χ3v) is 3.93. The Morgan fingerprint density at radius 1 is 1.26 bits per heavy atom. The lowest BCUT2D eigenvalue weighted by molar-refractivity contribution is -0.148. The number of ether oxygens (including phenoxy) is 1. The molecule has 1 aromatic heterocycles. The molecule has 23 heavy (non-hydrogen) atoms. The lowest BCUT2D eigenvalue weighted by Crippen LogP contribution is -2.38. The van der Waals surface area contributed by atoms with E-state index in [1.54, 1.807) is 24.4 Å². The molecule has 0 spiro atoms. The van der Waals surface area contributed by atoms with E-state index in [4.69, 9.17) is 9.84 Å². The topological polar surface area (TPSA) is 76.5 Å². The fourth-order valence-electron chi connectivity index (χ4n) is 2.46. The molecule has 1 saturated carbocycles. The first-order valence-corrected chi connectivity index (χ1v) is 7.17. The monoisotopic (exact) mass is 315 g/mol. The zero-order valence-corrected chi connectivity index (χ0v) is 12.1. The molecule has 1 aliphatic carbocycles. The van der Waals surface area contributed by atoms with Crippen molar-refractivity contribution in [3.8, 4) is 17.0 Å². The highest BCUT2D eigenvalue weighted by molar-refractivity contribution is 5.77. The van der Waals surface area contributed by atoms with Gasteiger partial charge in [-0.3, -0.25) is 9.59 Å². The average Bonchev–Trinajstić information content (AvgIpc) is 2.50. The number of carboxylic acids is 1. The molecule has 0 saturated heterocycles. The molecule has 1 heterocycles. The standard InChI is InChI=1S/C17H14FNO4/c18-15-7-10(1-2-12(15)9-20)11-3-4-16(19-8-11)23-14-5-13(6-14)17(21)22/h1-4,7-9,13-14H,5-6H2,(H,21,22).